The second-order valence-corrected chi connectivity index (χ2v) is 4.52. The van der Waals surface area contributed by atoms with Gasteiger partial charge in [0.1, 0.15) is 5.75 Å². The van der Waals surface area contributed by atoms with Crippen molar-refractivity contribution in [2.24, 2.45) is 5.73 Å². The lowest BCUT2D eigenvalue weighted by atomic mass is 10.2. The fourth-order valence-electron chi connectivity index (χ4n) is 2.01. The van der Waals surface area contributed by atoms with E-state index < -0.39 is 0 Å². The second kappa shape index (κ2) is 6.34. The first-order valence-electron chi connectivity index (χ1n) is 6.33. The van der Waals surface area contributed by atoms with Crippen molar-refractivity contribution in [1.29, 1.82) is 0 Å². The first kappa shape index (κ1) is 14.3. The summed E-state index contributed by atoms with van der Waals surface area (Å²) in [5.41, 5.74) is 6.99. The number of hydrogen-bond acceptors (Lipinski definition) is 4. The zero-order valence-corrected chi connectivity index (χ0v) is 11.6. The summed E-state index contributed by atoms with van der Waals surface area (Å²) < 4.78 is 19.3. The monoisotopic (exact) mass is 275 g/mol. The van der Waals surface area contributed by atoms with Crippen molar-refractivity contribution < 1.29 is 9.13 Å². The number of hydrogen-bond donors (Lipinski definition) is 1. The summed E-state index contributed by atoms with van der Waals surface area (Å²) in [5, 5.41) is 0. The number of aromatic nitrogens is 1. The largest absolute Gasteiger partial charge is 0.497 e. The Labute approximate surface area is 118 Å². The van der Waals surface area contributed by atoms with Gasteiger partial charge in [0.15, 0.2) is 11.6 Å². The van der Waals surface area contributed by atoms with Crippen LogP contribution in [-0.2, 0) is 13.1 Å². The summed E-state index contributed by atoms with van der Waals surface area (Å²) in [4.78, 5) is 5.84. The van der Waals surface area contributed by atoms with Gasteiger partial charge in [-0.15, -0.1) is 0 Å². The van der Waals surface area contributed by atoms with Crippen LogP contribution in [0.15, 0.2) is 36.5 Å². The first-order valence-corrected chi connectivity index (χ1v) is 6.33. The highest BCUT2D eigenvalue weighted by Gasteiger charge is 2.13. The van der Waals surface area contributed by atoms with Crippen LogP contribution in [0.1, 0.15) is 11.1 Å². The minimum Gasteiger partial charge on any atom is -0.497 e. The molecule has 0 saturated heterocycles. The van der Waals surface area contributed by atoms with Crippen LogP contribution < -0.4 is 15.4 Å². The first-order chi connectivity index (χ1) is 9.65. The summed E-state index contributed by atoms with van der Waals surface area (Å²) in [5.74, 6) is 0.719. The lowest BCUT2D eigenvalue weighted by Gasteiger charge is -2.20. The molecular weight excluding hydrogens is 257 g/mol. The standard InChI is InChI=1S/C15H18FN3O/c1-19(10-11-4-3-5-13(8-11)20-2)15-14(16)12(9-17)6-7-18-15/h3-8H,9-10,17H2,1-2H3. The van der Waals surface area contributed by atoms with Crippen molar-refractivity contribution in [3.63, 3.8) is 0 Å². The van der Waals surface area contributed by atoms with Crippen molar-refractivity contribution >= 4 is 5.82 Å². The van der Waals surface area contributed by atoms with E-state index >= 15 is 0 Å². The minimum absolute atomic E-state index is 0.161. The molecule has 0 bridgehead atoms. The fourth-order valence-corrected chi connectivity index (χ4v) is 2.01. The maximum Gasteiger partial charge on any atom is 0.170 e. The minimum atomic E-state index is -0.361. The summed E-state index contributed by atoms with van der Waals surface area (Å²) in [6.07, 6.45) is 1.57. The van der Waals surface area contributed by atoms with Gasteiger partial charge in [-0.2, -0.15) is 0 Å². The molecule has 5 heteroatoms. The molecule has 0 fully saturated rings. The molecule has 1 aromatic heterocycles. The van der Waals surface area contributed by atoms with Crippen LogP contribution in [0.25, 0.3) is 0 Å². The molecule has 0 aliphatic carbocycles. The molecule has 1 aromatic carbocycles. The molecule has 2 N–H and O–H groups in total. The molecule has 20 heavy (non-hydrogen) atoms. The van der Waals surface area contributed by atoms with Gasteiger partial charge in [0, 0.05) is 31.9 Å². The highest BCUT2D eigenvalue weighted by atomic mass is 19.1. The maximum absolute atomic E-state index is 14.2. The molecule has 0 saturated carbocycles. The Balaban J connectivity index is 2.21. The molecule has 0 unspecified atom stereocenters. The molecule has 0 atom stereocenters. The lowest BCUT2D eigenvalue weighted by Crippen LogP contribution is -2.20. The summed E-state index contributed by atoms with van der Waals surface area (Å²) in [6, 6.07) is 9.25. The van der Waals surface area contributed by atoms with Crippen LogP contribution in [0.5, 0.6) is 5.75 Å². The van der Waals surface area contributed by atoms with Crippen LogP contribution in [0.4, 0.5) is 10.2 Å². The van der Waals surface area contributed by atoms with Crippen molar-refractivity contribution in [1.82, 2.24) is 4.98 Å². The van der Waals surface area contributed by atoms with Crippen molar-refractivity contribution in [3.05, 3.63) is 53.5 Å². The smallest absolute Gasteiger partial charge is 0.170 e. The lowest BCUT2D eigenvalue weighted by molar-refractivity contribution is 0.414. The second-order valence-electron chi connectivity index (χ2n) is 4.52. The number of benzene rings is 1. The van der Waals surface area contributed by atoms with Gasteiger partial charge < -0.3 is 15.4 Å². The van der Waals surface area contributed by atoms with Crippen LogP contribution in [-0.4, -0.2) is 19.1 Å². The number of pyridine rings is 1. The molecule has 0 radical (unpaired) electrons. The van der Waals surface area contributed by atoms with E-state index in [1.165, 1.54) is 0 Å². The van der Waals surface area contributed by atoms with E-state index in [1.807, 2.05) is 24.3 Å². The number of anilines is 1. The quantitative estimate of drug-likeness (QED) is 0.910. The fraction of sp³-hybridized carbons (Fsp3) is 0.267. The summed E-state index contributed by atoms with van der Waals surface area (Å²) in [7, 11) is 3.42. The van der Waals surface area contributed by atoms with Crippen LogP contribution in [0, 0.1) is 5.82 Å². The average molecular weight is 275 g/mol. The third-order valence-electron chi connectivity index (χ3n) is 3.09. The Bertz CT molecular complexity index is 589. The Morgan fingerprint density at radius 2 is 2.15 bits per heavy atom. The van der Waals surface area contributed by atoms with Gasteiger partial charge in [0.25, 0.3) is 0 Å². The van der Waals surface area contributed by atoms with Crippen molar-refractivity contribution in [3.8, 4) is 5.75 Å². The van der Waals surface area contributed by atoms with Gasteiger partial charge in [-0.1, -0.05) is 12.1 Å². The number of ether oxygens (including phenoxy) is 1. The third kappa shape index (κ3) is 3.05. The normalized spacial score (nSPS) is 10.4. The van der Waals surface area contributed by atoms with Gasteiger partial charge in [-0.25, -0.2) is 9.37 Å². The van der Waals surface area contributed by atoms with E-state index in [-0.39, 0.29) is 12.4 Å². The number of nitrogens with zero attached hydrogens (tertiary/aromatic N) is 2. The number of halogens is 1. The number of methoxy groups -OCH3 is 1. The Kier molecular flexibility index (Phi) is 4.53. The zero-order chi connectivity index (χ0) is 14.5. The maximum atomic E-state index is 14.2. The van der Waals surface area contributed by atoms with Crippen LogP contribution >= 0.6 is 0 Å². The van der Waals surface area contributed by atoms with E-state index in [0.29, 0.717) is 17.9 Å². The van der Waals surface area contributed by atoms with Crippen molar-refractivity contribution in [2.75, 3.05) is 19.1 Å². The molecule has 0 aliphatic heterocycles. The molecule has 0 spiro atoms. The van der Waals surface area contributed by atoms with E-state index in [9.17, 15) is 4.39 Å². The Morgan fingerprint density at radius 3 is 2.85 bits per heavy atom. The van der Waals surface area contributed by atoms with Gasteiger partial charge in [-0.05, 0) is 23.8 Å². The number of rotatable bonds is 5. The van der Waals surface area contributed by atoms with Gasteiger partial charge in [0.2, 0.25) is 0 Å². The van der Waals surface area contributed by atoms with Crippen LogP contribution in [0.2, 0.25) is 0 Å². The van der Waals surface area contributed by atoms with Gasteiger partial charge >= 0.3 is 0 Å². The van der Waals surface area contributed by atoms with Gasteiger partial charge in [-0.3, -0.25) is 0 Å². The highest BCUT2D eigenvalue weighted by Crippen LogP contribution is 2.21. The summed E-state index contributed by atoms with van der Waals surface area (Å²) >= 11 is 0. The van der Waals surface area contributed by atoms with E-state index in [4.69, 9.17) is 10.5 Å². The molecule has 4 nitrogen and oxygen atoms in total. The highest BCUT2D eigenvalue weighted by molar-refractivity contribution is 5.43. The zero-order valence-electron chi connectivity index (χ0n) is 11.6. The number of nitrogens with two attached hydrogens (primary N) is 1. The molecular formula is C15H18FN3O. The summed E-state index contributed by atoms with van der Waals surface area (Å²) in [6.45, 7) is 0.698. The molecule has 1 heterocycles. The third-order valence-corrected chi connectivity index (χ3v) is 3.09. The predicted octanol–water partition coefficient (Wildman–Crippen LogP) is 2.32. The van der Waals surface area contributed by atoms with E-state index in [2.05, 4.69) is 4.98 Å². The average Bonchev–Trinajstić information content (AvgIpc) is 2.47. The molecule has 0 aliphatic rings. The van der Waals surface area contributed by atoms with Crippen LogP contribution in [0.3, 0.4) is 0 Å². The SMILES string of the molecule is COc1cccc(CN(C)c2nccc(CN)c2F)c1. The van der Waals surface area contributed by atoms with Crippen molar-refractivity contribution in [2.45, 2.75) is 13.1 Å². The molecule has 2 rings (SSSR count). The van der Waals surface area contributed by atoms with Gasteiger partial charge in [0.05, 0.1) is 7.11 Å². The Morgan fingerprint density at radius 1 is 1.35 bits per heavy atom. The van der Waals surface area contributed by atoms with E-state index in [0.717, 1.165) is 11.3 Å². The molecule has 0 amide bonds. The topological polar surface area (TPSA) is 51.4 Å². The Hall–Kier alpha value is -2.14. The molecule has 2 aromatic rings. The molecule has 106 valence electrons. The predicted molar refractivity (Wildman–Crippen MR) is 77.2 cm³/mol. The van der Waals surface area contributed by atoms with E-state index in [1.54, 1.807) is 31.3 Å².